The van der Waals surface area contributed by atoms with E-state index in [1.807, 2.05) is 31.2 Å². The lowest BCUT2D eigenvalue weighted by atomic mass is 9.98. The highest BCUT2D eigenvalue weighted by Gasteiger charge is 2.28. The molecule has 0 unspecified atom stereocenters. The van der Waals surface area contributed by atoms with Crippen LogP contribution in [0.1, 0.15) is 50.7 Å². The number of anilines is 1. The Kier molecular flexibility index (Phi) is 5.75. The van der Waals surface area contributed by atoms with Crippen molar-refractivity contribution in [3.8, 4) is 5.75 Å². The molecule has 2 heterocycles. The Morgan fingerprint density at radius 3 is 2.85 bits per heavy atom. The minimum atomic E-state index is -0.110. The van der Waals surface area contributed by atoms with Crippen LogP contribution in [0.15, 0.2) is 28.8 Å². The topological polar surface area (TPSA) is 80.5 Å². The molecule has 1 aliphatic heterocycles. The van der Waals surface area contributed by atoms with Gasteiger partial charge in [0.2, 0.25) is 5.89 Å². The van der Waals surface area contributed by atoms with Crippen LogP contribution < -0.4 is 10.1 Å². The van der Waals surface area contributed by atoms with Crippen LogP contribution in [-0.4, -0.2) is 40.3 Å². The molecule has 1 aromatic heterocycles. The molecular weight excluding hydrogens is 332 g/mol. The molecular formula is C19H26N4O3. The van der Waals surface area contributed by atoms with E-state index in [1.54, 1.807) is 11.8 Å². The van der Waals surface area contributed by atoms with Crippen molar-refractivity contribution in [3.05, 3.63) is 36.0 Å². The maximum absolute atomic E-state index is 12.6. The van der Waals surface area contributed by atoms with E-state index in [2.05, 4.69) is 22.4 Å². The van der Waals surface area contributed by atoms with E-state index in [0.29, 0.717) is 18.3 Å². The normalized spacial score (nSPS) is 18.4. The van der Waals surface area contributed by atoms with Gasteiger partial charge in [-0.2, -0.15) is 4.98 Å². The van der Waals surface area contributed by atoms with Gasteiger partial charge in [-0.15, -0.1) is 0 Å². The van der Waals surface area contributed by atoms with E-state index in [9.17, 15) is 4.79 Å². The average molecular weight is 358 g/mol. The first kappa shape index (κ1) is 18.2. The Morgan fingerprint density at radius 1 is 1.42 bits per heavy atom. The number of ether oxygens (including phenoxy) is 1. The van der Waals surface area contributed by atoms with Crippen molar-refractivity contribution in [2.75, 3.05) is 18.4 Å². The molecule has 7 heteroatoms. The fourth-order valence-electron chi connectivity index (χ4n) is 2.98. The molecule has 140 valence electrons. The van der Waals surface area contributed by atoms with Gasteiger partial charge in [0.15, 0.2) is 5.82 Å². The van der Waals surface area contributed by atoms with Crippen LogP contribution in [0.25, 0.3) is 0 Å². The molecule has 0 spiro atoms. The van der Waals surface area contributed by atoms with Crippen molar-refractivity contribution in [1.29, 1.82) is 0 Å². The smallest absolute Gasteiger partial charge is 0.321 e. The number of piperidine rings is 1. The first-order valence-corrected chi connectivity index (χ1v) is 9.18. The third-order valence-corrected chi connectivity index (χ3v) is 4.62. The third kappa shape index (κ3) is 4.53. The molecule has 2 amide bonds. The number of rotatable bonds is 5. The summed E-state index contributed by atoms with van der Waals surface area (Å²) in [6, 6.07) is 7.36. The van der Waals surface area contributed by atoms with Crippen LogP contribution in [0.3, 0.4) is 0 Å². The van der Waals surface area contributed by atoms with Gasteiger partial charge in [-0.1, -0.05) is 12.1 Å². The fourth-order valence-corrected chi connectivity index (χ4v) is 2.98. The molecule has 7 nitrogen and oxygen atoms in total. The number of likely N-dealkylation sites (tertiary alicyclic amines) is 1. The number of nitrogens with zero attached hydrogens (tertiary/aromatic N) is 3. The van der Waals surface area contributed by atoms with E-state index < -0.39 is 0 Å². The van der Waals surface area contributed by atoms with E-state index in [-0.39, 0.29) is 18.1 Å². The molecule has 2 atom stereocenters. The lowest BCUT2D eigenvalue weighted by Gasteiger charge is -2.31. The summed E-state index contributed by atoms with van der Waals surface area (Å²) in [4.78, 5) is 18.7. The summed E-state index contributed by atoms with van der Waals surface area (Å²) in [5, 5.41) is 6.80. The second-order valence-corrected chi connectivity index (χ2v) is 6.76. The third-order valence-electron chi connectivity index (χ3n) is 4.62. The SMILES string of the molecule is CC[C@H](C)Oc1ccc(NC(=O)N2CCC[C@@H](c3nc(C)no3)C2)cc1. The highest BCUT2D eigenvalue weighted by Crippen LogP contribution is 2.26. The predicted molar refractivity (Wildman–Crippen MR) is 98.4 cm³/mol. The zero-order valence-electron chi connectivity index (χ0n) is 15.6. The number of benzene rings is 1. The molecule has 26 heavy (non-hydrogen) atoms. The molecule has 1 saturated heterocycles. The second kappa shape index (κ2) is 8.21. The first-order chi connectivity index (χ1) is 12.5. The standard InChI is InChI=1S/C19H26N4O3/c1-4-13(2)25-17-9-7-16(8-10-17)21-19(24)23-11-5-6-15(12-23)18-20-14(3)22-26-18/h7-10,13,15H,4-6,11-12H2,1-3H3,(H,21,24)/t13-,15+/m0/s1. The predicted octanol–water partition coefficient (Wildman–Crippen LogP) is 3.97. The number of nitrogens with one attached hydrogen (secondary N) is 1. The second-order valence-electron chi connectivity index (χ2n) is 6.76. The Hall–Kier alpha value is -2.57. The molecule has 1 aromatic carbocycles. The molecule has 0 saturated carbocycles. The molecule has 1 N–H and O–H groups in total. The summed E-state index contributed by atoms with van der Waals surface area (Å²) in [5.74, 6) is 2.15. The Balaban J connectivity index is 1.57. The summed E-state index contributed by atoms with van der Waals surface area (Å²) in [6.45, 7) is 7.23. The van der Waals surface area contributed by atoms with Crippen LogP contribution in [0, 0.1) is 6.92 Å². The number of urea groups is 1. The van der Waals surface area contributed by atoms with Gasteiger partial charge in [0.25, 0.3) is 0 Å². The highest BCUT2D eigenvalue weighted by atomic mass is 16.5. The Labute approximate surface area is 153 Å². The van der Waals surface area contributed by atoms with Crippen LogP contribution in [-0.2, 0) is 0 Å². The lowest BCUT2D eigenvalue weighted by Crippen LogP contribution is -2.41. The van der Waals surface area contributed by atoms with Gasteiger partial charge in [0, 0.05) is 18.8 Å². The van der Waals surface area contributed by atoms with Gasteiger partial charge in [-0.05, 0) is 57.4 Å². The lowest BCUT2D eigenvalue weighted by molar-refractivity contribution is 0.184. The van der Waals surface area contributed by atoms with Gasteiger partial charge in [-0.25, -0.2) is 4.79 Å². The summed E-state index contributed by atoms with van der Waals surface area (Å²) in [5.41, 5.74) is 0.752. The fraction of sp³-hybridized carbons (Fsp3) is 0.526. The average Bonchev–Trinajstić information content (AvgIpc) is 3.10. The van der Waals surface area contributed by atoms with Crippen molar-refractivity contribution in [2.24, 2.45) is 0 Å². The maximum Gasteiger partial charge on any atom is 0.321 e. The van der Waals surface area contributed by atoms with E-state index in [0.717, 1.165) is 37.2 Å². The number of aromatic nitrogens is 2. The minimum Gasteiger partial charge on any atom is -0.491 e. The summed E-state index contributed by atoms with van der Waals surface area (Å²) < 4.78 is 11.0. The van der Waals surface area contributed by atoms with Crippen LogP contribution >= 0.6 is 0 Å². The summed E-state index contributed by atoms with van der Waals surface area (Å²) in [7, 11) is 0. The van der Waals surface area contributed by atoms with Crippen molar-refractivity contribution < 1.29 is 14.1 Å². The van der Waals surface area contributed by atoms with Crippen molar-refractivity contribution in [3.63, 3.8) is 0 Å². The minimum absolute atomic E-state index is 0.0991. The molecule has 1 fully saturated rings. The number of aryl methyl sites for hydroxylation is 1. The number of carbonyl (C=O) groups is 1. The van der Waals surface area contributed by atoms with Gasteiger partial charge < -0.3 is 19.5 Å². The largest absolute Gasteiger partial charge is 0.491 e. The quantitative estimate of drug-likeness (QED) is 0.875. The van der Waals surface area contributed by atoms with E-state index in [4.69, 9.17) is 9.26 Å². The van der Waals surface area contributed by atoms with E-state index >= 15 is 0 Å². The molecule has 0 bridgehead atoms. The van der Waals surface area contributed by atoms with Crippen molar-refractivity contribution in [2.45, 2.75) is 52.1 Å². The van der Waals surface area contributed by atoms with Crippen LogP contribution in [0.4, 0.5) is 10.5 Å². The zero-order chi connectivity index (χ0) is 18.5. The van der Waals surface area contributed by atoms with Crippen LogP contribution in [0.2, 0.25) is 0 Å². The molecule has 1 aliphatic rings. The molecule has 0 radical (unpaired) electrons. The highest BCUT2D eigenvalue weighted by molar-refractivity contribution is 5.89. The zero-order valence-corrected chi connectivity index (χ0v) is 15.6. The summed E-state index contributed by atoms with van der Waals surface area (Å²) in [6.07, 6.45) is 3.00. The number of hydrogen-bond acceptors (Lipinski definition) is 5. The van der Waals surface area contributed by atoms with Gasteiger partial charge in [-0.3, -0.25) is 0 Å². The Bertz CT molecular complexity index is 729. The molecule has 0 aliphatic carbocycles. The van der Waals surface area contributed by atoms with Gasteiger partial charge >= 0.3 is 6.03 Å². The van der Waals surface area contributed by atoms with Crippen molar-refractivity contribution >= 4 is 11.7 Å². The molecule has 2 aromatic rings. The monoisotopic (exact) mass is 358 g/mol. The number of carbonyl (C=O) groups excluding carboxylic acids is 1. The Morgan fingerprint density at radius 2 is 2.19 bits per heavy atom. The van der Waals surface area contributed by atoms with Crippen molar-refractivity contribution in [1.82, 2.24) is 15.0 Å². The van der Waals surface area contributed by atoms with E-state index in [1.165, 1.54) is 0 Å². The number of hydrogen-bond donors (Lipinski definition) is 1. The van der Waals surface area contributed by atoms with Crippen LogP contribution in [0.5, 0.6) is 5.75 Å². The number of amides is 2. The van der Waals surface area contributed by atoms with Gasteiger partial charge in [0.1, 0.15) is 5.75 Å². The first-order valence-electron chi connectivity index (χ1n) is 9.18. The summed E-state index contributed by atoms with van der Waals surface area (Å²) >= 11 is 0. The molecule has 3 rings (SSSR count). The van der Waals surface area contributed by atoms with Gasteiger partial charge in [0.05, 0.1) is 12.0 Å². The maximum atomic E-state index is 12.6.